The number of rotatable bonds is 12. The van der Waals surface area contributed by atoms with E-state index in [1.165, 1.54) is 32.6 Å². The van der Waals surface area contributed by atoms with Crippen LogP contribution in [0.3, 0.4) is 0 Å². The molecule has 7 nitrogen and oxygen atoms in total. The summed E-state index contributed by atoms with van der Waals surface area (Å²) in [5.74, 6) is 0.317. The van der Waals surface area contributed by atoms with Gasteiger partial charge >= 0.3 is 6.09 Å². The van der Waals surface area contributed by atoms with Gasteiger partial charge in [0, 0.05) is 19.0 Å². The van der Waals surface area contributed by atoms with Gasteiger partial charge < -0.3 is 24.1 Å². The molecule has 1 aliphatic heterocycles. The third-order valence-electron chi connectivity index (χ3n) is 9.94. The Morgan fingerprint density at radius 2 is 1.35 bits per heavy atom. The summed E-state index contributed by atoms with van der Waals surface area (Å²) in [5.41, 5.74) is 4.72. The third-order valence-corrected chi connectivity index (χ3v) is 14.9. The highest BCUT2D eigenvalue weighted by Crippen LogP contribution is 2.44. The molecule has 0 unspecified atom stereocenters. The van der Waals surface area contributed by atoms with Crippen LogP contribution < -0.4 is 15.7 Å². The van der Waals surface area contributed by atoms with E-state index in [2.05, 4.69) is 106 Å². The molecule has 1 saturated heterocycles. The van der Waals surface area contributed by atoms with Crippen molar-refractivity contribution in [3.63, 3.8) is 0 Å². The minimum atomic E-state index is -2.72. The summed E-state index contributed by atoms with van der Waals surface area (Å²) in [6, 6.07) is 37.7. The Kier molecular flexibility index (Phi) is 10.7. The highest BCUT2D eigenvalue weighted by atomic mass is 28.4. The van der Waals surface area contributed by atoms with Crippen molar-refractivity contribution >= 4 is 30.7 Å². The van der Waals surface area contributed by atoms with Gasteiger partial charge in [-0.3, -0.25) is 4.79 Å². The van der Waals surface area contributed by atoms with Crippen LogP contribution in [0.15, 0.2) is 109 Å². The standard InChI is InChI=1S/C41H48N2O5Si/c1-30-25-31(27-48-49(41(2,3)4,32-15-7-5-8-16-32)33-17-9-6-10-18-33)43(26-30)39(44)29-46-24-23-42-40(45)47-28-38-36-21-13-11-19-34(36)35-20-12-14-22-37(35)38/h5-22,30-31,38H,23-29H2,1-4H3,(H,42,45)/t30-,31+/m1/s1. The van der Waals surface area contributed by atoms with Crippen molar-refractivity contribution in [1.82, 2.24) is 10.2 Å². The van der Waals surface area contributed by atoms with Gasteiger partial charge in [-0.15, -0.1) is 0 Å². The van der Waals surface area contributed by atoms with Gasteiger partial charge in [0.1, 0.15) is 13.2 Å². The first-order valence-electron chi connectivity index (χ1n) is 17.4. The van der Waals surface area contributed by atoms with Crippen molar-refractivity contribution in [3.05, 3.63) is 120 Å². The second-order valence-corrected chi connectivity index (χ2v) is 18.6. The van der Waals surface area contributed by atoms with Crippen LogP contribution in [0.1, 0.15) is 51.2 Å². The molecule has 0 aromatic heterocycles. The van der Waals surface area contributed by atoms with Crippen LogP contribution in [0.2, 0.25) is 5.04 Å². The molecule has 6 rings (SSSR count). The molecule has 1 heterocycles. The lowest BCUT2D eigenvalue weighted by Gasteiger charge is -2.44. The average molecular weight is 677 g/mol. The van der Waals surface area contributed by atoms with Crippen LogP contribution in [-0.4, -0.2) is 70.8 Å². The Labute approximate surface area is 291 Å². The van der Waals surface area contributed by atoms with Gasteiger partial charge in [0.25, 0.3) is 8.32 Å². The molecule has 256 valence electrons. The minimum Gasteiger partial charge on any atom is -0.449 e. The summed E-state index contributed by atoms with van der Waals surface area (Å²) in [6.07, 6.45) is 0.388. The Bertz CT molecular complexity index is 1640. The predicted octanol–water partition coefficient (Wildman–Crippen LogP) is 6.36. The van der Waals surface area contributed by atoms with Crippen LogP contribution in [0.4, 0.5) is 4.79 Å². The van der Waals surface area contributed by atoms with Crippen LogP contribution in [-0.2, 0) is 18.7 Å². The molecular formula is C41H48N2O5Si. The normalized spacial score (nSPS) is 17.4. The number of amides is 2. The van der Waals surface area contributed by atoms with Crippen molar-refractivity contribution in [2.24, 2.45) is 5.92 Å². The van der Waals surface area contributed by atoms with E-state index >= 15 is 0 Å². The quantitative estimate of drug-likeness (QED) is 0.140. The van der Waals surface area contributed by atoms with Crippen molar-refractivity contribution in [3.8, 4) is 11.1 Å². The number of fused-ring (bicyclic) bond motifs is 3. The Morgan fingerprint density at radius 3 is 1.92 bits per heavy atom. The van der Waals surface area contributed by atoms with E-state index < -0.39 is 14.4 Å². The maximum atomic E-state index is 13.5. The lowest BCUT2D eigenvalue weighted by Crippen LogP contribution is -2.67. The van der Waals surface area contributed by atoms with E-state index in [4.69, 9.17) is 13.9 Å². The second kappa shape index (κ2) is 15.1. The summed E-state index contributed by atoms with van der Waals surface area (Å²) >= 11 is 0. The van der Waals surface area contributed by atoms with Crippen molar-refractivity contribution < 1.29 is 23.5 Å². The van der Waals surface area contributed by atoms with Crippen molar-refractivity contribution in [2.75, 3.05) is 39.5 Å². The van der Waals surface area contributed by atoms with Crippen LogP contribution in [0, 0.1) is 5.92 Å². The zero-order chi connectivity index (χ0) is 34.4. The second-order valence-electron chi connectivity index (χ2n) is 14.3. The number of nitrogens with zero attached hydrogens (tertiary/aromatic N) is 1. The third kappa shape index (κ3) is 7.37. The van der Waals surface area contributed by atoms with E-state index in [0.717, 1.165) is 6.42 Å². The van der Waals surface area contributed by atoms with Gasteiger partial charge in [0.05, 0.1) is 19.3 Å². The molecule has 2 amide bonds. The van der Waals surface area contributed by atoms with Crippen LogP contribution in [0.5, 0.6) is 0 Å². The molecule has 4 aromatic carbocycles. The Balaban J connectivity index is 1.00. The van der Waals surface area contributed by atoms with Gasteiger partial charge in [0.2, 0.25) is 5.91 Å². The van der Waals surface area contributed by atoms with Crippen LogP contribution in [0.25, 0.3) is 11.1 Å². The van der Waals surface area contributed by atoms with E-state index in [0.29, 0.717) is 19.1 Å². The summed E-state index contributed by atoms with van der Waals surface area (Å²) in [5, 5.41) is 5.08. The largest absolute Gasteiger partial charge is 0.449 e. The molecule has 4 aromatic rings. The molecule has 1 fully saturated rings. The lowest BCUT2D eigenvalue weighted by molar-refractivity contribution is -0.137. The molecule has 0 saturated carbocycles. The van der Waals surface area contributed by atoms with Gasteiger partial charge in [-0.05, 0) is 50.0 Å². The zero-order valence-corrected chi connectivity index (χ0v) is 30.1. The zero-order valence-electron chi connectivity index (χ0n) is 29.1. The molecule has 49 heavy (non-hydrogen) atoms. The average Bonchev–Trinajstić information content (AvgIpc) is 3.65. The summed E-state index contributed by atoms with van der Waals surface area (Å²) in [6.45, 7) is 10.8. The summed E-state index contributed by atoms with van der Waals surface area (Å²) in [7, 11) is -2.72. The number of nitrogens with one attached hydrogen (secondary N) is 1. The van der Waals surface area contributed by atoms with E-state index in [9.17, 15) is 9.59 Å². The molecule has 8 heteroatoms. The van der Waals surface area contributed by atoms with E-state index in [-0.39, 0.29) is 49.3 Å². The molecule has 0 radical (unpaired) electrons. The highest BCUT2D eigenvalue weighted by molar-refractivity contribution is 6.99. The fraction of sp³-hybridized carbons (Fsp3) is 0.366. The SMILES string of the molecule is C[C@@H]1C[C@@H](CO[Si](c2ccccc2)(c2ccccc2)C(C)(C)C)N(C(=O)COCCNC(=O)OCC2c3ccccc3-c3ccccc32)C1. The molecule has 0 spiro atoms. The van der Waals surface area contributed by atoms with Gasteiger partial charge in [-0.25, -0.2) is 4.79 Å². The van der Waals surface area contributed by atoms with Gasteiger partial charge in [0.15, 0.2) is 0 Å². The topological polar surface area (TPSA) is 77.1 Å². The first-order chi connectivity index (χ1) is 23.7. The number of likely N-dealkylation sites (tertiary alicyclic amines) is 1. The monoisotopic (exact) mass is 676 g/mol. The summed E-state index contributed by atoms with van der Waals surface area (Å²) < 4.78 is 18.6. The molecule has 2 aliphatic rings. The number of alkyl carbamates (subject to hydrolysis) is 1. The predicted molar refractivity (Wildman–Crippen MR) is 197 cm³/mol. The molecular weight excluding hydrogens is 629 g/mol. The van der Waals surface area contributed by atoms with Crippen LogP contribution >= 0.6 is 0 Å². The van der Waals surface area contributed by atoms with Crippen molar-refractivity contribution in [2.45, 2.75) is 51.1 Å². The minimum absolute atomic E-state index is 0.00316. The highest BCUT2D eigenvalue weighted by Gasteiger charge is 2.51. The fourth-order valence-electron chi connectivity index (χ4n) is 7.71. The number of hydrogen-bond donors (Lipinski definition) is 1. The van der Waals surface area contributed by atoms with E-state index in [1.54, 1.807) is 0 Å². The number of carbonyl (C=O) groups is 2. The van der Waals surface area contributed by atoms with Gasteiger partial charge in [-0.1, -0.05) is 137 Å². The Hall–Kier alpha value is -4.24. The Morgan fingerprint density at radius 1 is 0.796 bits per heavy atom. The molecule has 2 atom stereocenters. The first kappa shape index (κ1) is 34.6. The smallest absolute Gasteiger partial charge is 0.407 e. The first-order valence-corrected chi connectivity index (χ1v) is 19.3. The maximum absolute atomic E-state index is 13.5. The lowest BCUT2D eigenvalue weighted by atomic mass is 9.98. The molecule has 1 aliphatic carbocycles. The van der Waals surface area contributed by atoms with Gasteiger partial charge in [-0.2, -0.15) is 0 Å². The number of carbonyl (C=O) groups excluding carboxylic acids is 2. The maximum Gasteiger partial charge on any atom is 0.407 e. The number of ether oxygens (including phenoxy) is 2. The van der Waals surface area contributed by atoms with Crippen molar-refractivity contribution in [1.29, 1.82) is 0 Å². The summed E-state index contributed by atoms with van der Waals surface area (Å²) in [4.78, 5) is 27.9. The fourth-order valence-corrected chi connectivity index (χ4v) is 12.3. The van der Waals surface area contributed by atoms with E-state index in [1.807, 2.05) is 41.3 Å². The molecule has 1 N–H and O–H groups in total. The molecule has 0 bridgehead atoms. The number of hydrogen-bond acceptors (Lipinski definition) is 5. The number of benzene rings is 4.